The van der Waals surface area contributed by atoms with Gasteiger partial charge in [-0.25, -0.2) is 4.68 Å². The minimum atomic E-state index is -0.364. The SMILES string of the molecule is Cc1nn(-c2ccccc2)c(Oc2ccccc2)c1CN(CC1CC1)C[C@@H](C)O. The lowest BCUT2D eigenvalue weighted by Gasteiger charge is -2.24. The first-order valence-electron chi connectivity index (χ1n) is 10.4. The lowest BCUT2D eigenvalue weighted by molar-refractivity contribution is 0.118. The van der Waals surface area contributed by atoms with Crippen LogP contribution in [0.3, 0.4) is 0 Å². The van der Waals surface area contributed by atoms with Crippen LogP contribution in [0.5, 0.6) is 11.6 Å². The lowest BCUT2D eigenvalue weighted by atomic mass is 10.2. The summed E-state index contributed by atoms with van der Waals surface area (Å²) in [6.45, 7) is 6.25. The highest BCUT2D eigenvalue weighted by atomic mass is 16.5. The van der Waals surface area contributed by atoms with Gasteiger partial charge >= 0.3 is 0 Å². The minimum Gasteiger partial charge on any atom is -0.439 e. The average Bonchev–Trinajstić information content (AvgIpc) is 3.48. The Kier molecular flexibility index (Phi) is 5.97. The van der Waals surface area contributed by atoms with Crippen LogP contribution in [0.4, 0.5) is 0 Å². The number of ether oxygens (including phenoxy) is 1. The van der Waals surface area contributed by atoms with Crippen molar-refractivity contribution < 1.29 is 9.84 Å². The molecule has 3 aromatic rings. The molecule has 152 valence electrons. The third-order valence-corrected chi connectivity index (χ3v) is 5.21. The predicted octanol–water partition coefficient (Wildman–Crippen LogP) is 4.57. The first-order chi connectivity index (χ1) is 14.1. The normalized spacial score (nSPS) is 14.9. The van der Waals surface area contributed by atoms with Gasteiger partial charge in [0.25, 0.3) is 0 Å². The quantitative estimate of drug-likeness (QED) is 0.581. The number of aromatic nitrogens is 2. The Morgan fingerprint density at radius 2 is 1.76 bits per heavy atom. The highest BCUT2D eigenvalue weighted by molar-refractivity contribution is 5.43. The third-order valence-electron chi connectivity index (χ3n) is 5.21. The maximum absolute atomic E-state index is 10.00. The second-order valence-electron chi connectivity index (χ2n) is 8.02. The van der Waals surface area contributed by atoms with Crippen LogP contribution >= 0.6 is 0 Å². The van der Waals surface area contributed by atoms with Crippen LogP contribution in [0.25, 0.3) is 5.69 Å². The molecule has 4 rings (SSSR count). The van der Waals surface area contributed by atoms with E-state index in [1.807, 2.05) is 79.2 Å². The van der Waals surface area contributed by atoms with Crippen molar-refractivity contribution in [1.29, 1.82) is 0 Å². The van der Waals surface area contributed by atoms with E-state index in [1.165, 1.54) is 12.8 Å². The Hall–Kier alpha value is -2.63. The number of aliphatic hydroxyl groups excluding tert-OH is 1. The van der Waals surface area contributed by atoms with Crippen LogP contribution in [-0.2, 0) is 6.54 Å². The van der Waals surface area contributed by atoms with Gasteiger partial charge in [-0.1, -0.05) is 36.4 Å². The van der Waals surface area contributed by atoms with Gasteiger partial charge in [-0.2, -0.15) is 5.10 Å². The van der Waals surface area contributed by atoms with Gasteiger partial charge in [0.2, 0.25) is 5.88 Å². The summed E-state index contributed by atoms with van der Waals surface area (Å²) in [5.74, 6) is 2.28. The number of nitrogens with zero attached hydrogens (tertiary/aromatic N) is 3. The standard InChI is InChI=1S/C24H29N3O2/c1-18(28)15-26(16-20-13-14-20)17-23-19(2)25-27(21-9-5-3-6-10-21)24(23)29-22-11-7-4-8-12-22/h3-12,18,20,28H,13-17H2,1-2H3/t18-/m1/s1. The lowest BCUT2D eigenvalue weighted by Crippen LogP contribution is -2.32. The van der Waals surface area contributed by atoms with Crippen LogP contribution in [0, 0.1) is 12.8 Å². The second kappa shape index (κ2) is 8.80. The Morgan fingerprint density at radius 1 is 1.10 bits per heavy atom. The monoisotopic (exact) mass is 391 g/mol. The van der Waals surface area contributed by atoms with Gasteiger partial charge in [0.1, 0.15) is 5.75 Å². The summed E-state index contributed by atoms with van der Waals surface area (Å²) in [4.78, 5) is 2.33. The van der Waals surface area contributed by atoms with Crippen molar-refractivity contribution in [2.75, 3.05) is 13.1 Å². The molecule has 0 unspecified atom stereocenters. The molecule has 2 aromatic carbocycles. The molecule has 0 radical (unpaired) electrons. The van der Waals surface area contributed by atoms with Crippen molar-refractivity contribution >= 4 is 0 Å². The number of benzene rings is 2. The van der Waals surface area contributed by atoms with Crippen molar-refractivity contribution in [1.82, 2.24) is 14.7 Å². The molecule has 0 bridgehead atoms. The van der Waals surface area contributed by atoms with Crippen LogP contribution in [0.15, 0.2) is 60.7 Å². The highest BCUT2D eigenvalue weighted by Gasteiger charge is 2.27. The second-order valence-corrected chi connectivity index (χ2v) is 8.02. The fourth-order valence-corrected chi connectivity index (χ4v) is 3.64. The first kappa shape index (κ1) is 19.7. The van der Waals surface area contributed by atoms with Crippen LogP contribution in [0.1, 0.15) is 31.0 Å². The third kappa shape index (κ3) is 5.05. The zero-order valence-corrected chi connectivity index (χ0v) is 17.2. The van der Waals surface area contributed by atoms with Gasteiger partial charge in [-0.3, -0.25) is 4.90 Å². The molecule has 1 aliphatic rings. The van der Waals surface area contributed by atoms with Crippen molar-refractivity contribution in [3.63, 3.8) is 0 Å². The summed E-state index contributed by atoms with van der Waals surface area (Å²) in [5, 5.41) is 14.8. The number of hydrogen-bond donors (Lipinski definition) is 1. The highest BCUT2D eigenvalue weighted by Crippen LogP contribution is 2.34. The largest absolute Gasteiger partial charge is 0.439 e. The molecular formula is C24H29N3O2. The van der Waals surface area contributed by atoms with Crippen molar-refractivity contribution in [2.24, 2.45) is 5.92 Å². The zero-order valence-electron chi connectivity index (χ0n) is 17.2. The molecule has 0 spiro atoms. The van der Waals surface area contributed by atoms with E-state index in [2.05, 4.69) is 4.90 Å². The van der Waals surface area contributed by atoms with E-state index >= 15 is 0 Å². The molecule has 29 heavy (non-hydrogen) atoms. The van der Waals surface area contributed by atoms with Gasteiger partial charge in [0.15, 0.2) is 0 Å². The number of aryl methyl sites for hydroxylation is 1. The van der Waals surface area contributed by atoms with E-state index < -0.39 is 0 Å². The number of rotatable bonds is 9. The first-order valence-corrected chi connectivity index (χ1v) is 10.4. The van der Waals surface area contributed by atoms with Crippen LogP contribution < -0.4 is 4.74 Å². The molecule has 1 aliphatic carbocycles. The van der Waals surface area contributed by atoms with E-state index in [1.54, 1.807) is 0 Å². The maximum Gasteiger partial charge on any atom is 0.227 e. The molecule has 5 heteroatoms. The van der Waals surface area contributed by atoms with E-state index in [4.69, 9.17) is 9.84 Å². The summed E-state index contributed by atoms with van der Waals surface area (Å²) in [6, 6.07) is 19.9. The van der Waals surface area contributed by atoms with Crippen LogP contribution in [0.2, 0.25) is 0 Å². The minimum absolute atomic E-state index is 0.364. The molecule has 1 aromatic heterocycles. The van der Waals surface area contributed by atoms with Crippen molar-refractivity contribution in [3.8, 4) is 17.3 Å². The topological polar surface area (TPSA) is 50.5 Å². The molecule has 0 aliphatic heterocycles. The zero-order chi connectivity index (χ0) is 20.2. The van der Waals surface area contributed by atoms with Gasteiger partial charge in [-0.15, -0.1) is 0 Å². The average molecular weight is 392 g/mol. The summed E-state index contributed by atoms with van der Waals surface area (Å²) in [7, 11) is 0. The van der Waals surface area contributed by atoms with Crippen LogP contribution in [-0.4, -0.2) is 39.0 Å². The number of para-hydroxylation sites is 2. The van der Waals surface area contributed by atoms with Crippen molar-refractivity contribution in [2.45, 2.75) is 39.3 Å². The fraction of sp³-hybridized carbons (Fsp3) is 0.375. The van der Waals surface area contributed by atoms with Gasteiger partial charge in [0, 0.05) is 19.6 Å². The molecule has 1 saturated carbocycles. The van der Waals surface area contributed by atoms with Gasteiger partial charge in [0.05, 0.1) is 23.0 Å². The predicted molar refractivity (Wildman–Crippen MR) is 114 cm³/mol. The Morgan fingerprint density at radius 3 is 2.38 bits per heavy atom. The Bertz CT molecular complexity index is 914. The van der Waals surface area contributed by atoms with E-state index in [0.29, 0.717) is 13.1 Å². The van der Waals surface area contributed by atoms with E-state index in [0.717, 1.165) is 41.0 Å². The van der Waals surface area contributed by atoms with Crippen molar-refractivity contribution in [3.05, 3.63) is 71.9 Å². The van der Waals surface area contributed by atoms with E-state index in [-0.39, 0.29) is 6.10 Å². The molecule has 1 atom stereocenters. The Balaban J connectivity index is 1.70. The molecule has 1 heterocycles. The summed E-state index contributed by atoms with van der Waals surface area (Å²) in [5.41, 5.74) is 2.99. The number of aliphatic hydroxyl groups is 1. The molecule has 5 nitrogen and oxygen atoms in total. The molecule has 0 amide bonds. The molecular weight excluding hydrogens is 362 g/mol. The smallest absolute Gasteiger partial charge is 0.227 e. The summed E-state index contributed by atoms with van der Waals surface area (Å²) >= 11 is 0. The fourth-order valence-electron chi connectivity index (χ4n) is 3.64. The Labute approximate surface area is 172 Å². The molecule has 1 fully saturated rings. The summed E-state index contributed by atoms with van der Waals surface area (Å²) in [6.07, 6.45) is 2.20. The molecule has 1 N–H and O–H groups in total. The van der Waals surface area contributed by atoms with Gasteiger partial charge < -0.3 is 9.84 Å². The summed E-state index contributed by atoms with van der Waals surface area (Å²) < 4.78 is 8.24. The van der Waals surface area contributed by atoms with Gasteiger partial charge in [-0.05, 0) is 56.9 Å². The molecule has 0 saturated heterocycles. The van der Waals surface area contributed by atoms with E-state index in [9.17, 15) is 5.11 Å². The number of hydrogen-bond acceptors (Lipinski definition) is 4. The maximum atomic E-state index is 10.00.